The van der Waals surface area contributed by atoms with Gasteiger partial charge in [-0.25, -0.2) is 0 Å². The molecule has 0 atom stereocenters. The predicted octanol–water partition coefficient (Wildman–Crippen LogP) is 4.69. The van der Waals surface area contributed by atoms with Crippen molar-refractivity contribution in [2.45, 2.75) is 19.0 Å². The minimum Gasteiger partial charge on any atom is -0.493 e. The van der Waals surface area contributed by atoms with Gasteiger partial charge in [0.25, 0.3) is 0 Å². The first-order chi connectivity index (χ1) is 16.8. The number of benzene rings is 2. The van der Waals surface area contributed by atoms with Gasteiger partial charge in [-0.3, -0.25) is 14.0 Å². The molecule has 4 aromatic rings. The van der Waals surface area contributed by atoms with Crippen LogP contribution in [-0.4, -0.2) is 50.4 Å². The Balaban J connectivity index is 1.60. The molecule has 9 nitrogen and oxygen atoms in total. The number of methoxy groups -OCH3 is 2. The SMILES string of the molecule is COc1ccc(NC(=O)CSc2nnc(-c3nn(C)c(C)c3Cl)n2-c2ccc(C)cc2)cc1OC. The lowest BCUT2D eigenvalue weighted by Gasteiger charge is -2.11. The molecule has 0 bridgehead atoms. The van der Waals surface area contributed by atoms with Crippen LogP contribution in [0.4, 0.5) is 5.69 Å². The maximum atomic E-state index is 12.7. The summed E-state index contributed by atoms with van der Waals surface area (Å²) in [6, 6.07) is 13.1. The molecule has 0 aliphatic carbocycles. The number of thioether (sulfide) groups is 1. The molecule has 2 aromatic heterocycles. The zero-order chi connectivity index (χ0) is 25.1. The number of nitrogens with one attached hydrogen (secondary N) is 1. The Kier molecular flexibility index (Phi) is 7.32. The Morgan fingerprint density at radius 3 is 2.40 bits per heavy atom. The number of anilines is 1. The number of halogens is 1. The molecule has 11 heteroatoms. The maximum absolute atomic E-state index is 12.7. The molecule has 0 unspecified atom stereocenters. The normalized spacial score (nSPS) is 10.9. The van der Waals surface area contributed by atoms with E-state index in [1.54, 1.807) is 37.1 Å². The zero-order valence-corrected chi connectivity index (χ0v) is 21.6. The van der Waals surface area contributed by atoms with Gasteiger partial charge in [0.2, 0.25) is 5.91 Å². The van der Waals surface area contributed by atoms with Crippen LogP contribution in [-0.2, 0) is 11.8 Å². The molecule has 2 aromatic carbocycles. The van der Waals surface area contributed by atoms with E-state index in [1.807, 2.05) is 49.7 Å². The van der Waals surface area contributed by atoms with E-state index in [9.17, 15) is 4.79 Å². The van der Waals surface area contributed by atoms with E-state index in [4.69, 9.17) is 21.1 Å². The van der Waals surface area contributed by atoms with E-state index in [0.29, 0.717) is 38.9 Å². The number of aromatic nitrogens is 5. The van der Waals surface area contributed by atoms with Crippen LogP contribution in [0, 0.1) is 13.8 Å². The van der Waals surface area contributed by atoms with E-state index < -0.39 is 0 Å². The number of ether oxygens (including phenoxy) is 2. The van der Waals surface area contributed by atoms with Crippen molar-refractivity contribution in [1.82, 2.24) is 24.5 Å². The molecule has 0 spiro atoms. The van der Waals surface area contributed by atoms with Crippen molar-refractivity contribution >= 4 is 35.0 Å². The standard InChI is InChI=1S/C24H25ClN6O3S/c1-14-6-9-17(10-7-14)31-23(22-21(25)15(2)30(3)29-22)27-28-24(31)35-13-20(32)26-16-8-11-18(33-4)19(12-16)34-5/h6-12H,13H2,1-5H3,(H,26,32). The number of aryl methyl sites for hydroxylation is 2. The van der Waals surface area contributed by atoms with Gasteiger partial charge < -0.3 is 14.8 Å². The van der Waals surface area contributed by atoms with Crippen molar-refractivity contribution in [2.75, 3.05) is 25.3 Å². The fourth-order valence-corrected chi connectivity index (χ4v) is 4.41. The van der Waals surface area contributed by atoms with Gasteiger partial charge in [0.15, 0.2) is 22.5 Å². The van der Waals surface area contributed by atoms with Gasteiger partial charge >= 0.3 is 0 Å². The summed E-state index contributed by atoms with van der Waals surface area (Å²) in [7, 11) is 4.93. The Hall–Kier alpha value is -3.50. The van der Waals surface area contributed by atoms with Gasteiger partial charge in [-0.05, 0) is 38.1 Å². The Morgan fingerprint density at radius 2 is 1.77 bits per heavy atom. The molecule has 0 fully saturated rings. The Bertz CT molecular complexity index is 1370. The molecule has 4 rings (SSSR count). The molecule has 0 aliphatic heterocycles. The van der Waals surface area contributed by atoms with Gasteiger partial charge in [0.1, 0.15) is 5.69 Å². The summed E-state index contributed by atoms with van der Waals surface area (Å²) in [6.45, 7) is 3.91. The molecule has 1 N–H and O–H groups in total. The highest BCUT2D eigenvalue weighted by Crippen LogP contribution is 2.33. The molecular formula is C24H25ClN6O3S. The van der Waals surface area contributed by atoms with Crippen LogP contribution in [0.1, 0.15) is 11.3 Å². The minimum atomic E-state index is -0.200. The molecule has 1 amide bonds. The summed E-state index contributed by atoms with van der Waals surface area (Å²) in [4.78, 5) is 12.7. The highest BCUT2D eigenvalue weighted by molar-refractivity contribution is 7.99. The number of hydrogen-bond donors (Lipinski definition) is 1. The third-order valence-corrected chi connectivity index (χ3v) is 6.78. The quantitative estimate of drug-likeness (QED) is 0.342. The monoisotopic (exact) mass is 512 g/mol. The number of carbonyl (C=O) groups excluding carboxylic acids is 1. The third kappa shape index (κ3) is 5.13. The lowest BCUT2D eigenvalue weighted by Crippen LogP contribution is -2.14. The van der Waals surface area contributed by atoms with E-state index in [1.165, 1.54) is 11.8 Å². The molecule has 0 saturated carbocycles. The van der Waals surface area contributed by atoms with E-state index >= 15 is 0 Å². The van der Waals surface area contributed by atoms with Crippen molar-refractivity contribution in [1.29, 1.82) is 0 Å². The van der Waals surface area contributed by atoms with Crippen LogP contribution >= 0.6 is 23.4 Å². The molecule has 0 radical (unpaired) electrons. The first-order valence-electron chi connectivity index (χ1n) is 10.7. The second-order valence-electron chi connectivity index (χ2n) is 7.76. The van der Waals surface area contributed by atoms with Gasteiger partial charge in [-0.1, -0.05) is 41.1 Å². The van der Waals surface area contributed by atoms with Crippen molar-refractivity contribution < 1.29 is 14.3 Å². The first-order valence-corrected chi connectivity index (χ1v) is 12.0. The summed E-state index contributed by atoms with van der Waals surface area (Å²) >= 11 is 7.82. The van der Waals surface area contributed by atoms with Gasteiger partial charge in [0.05, 0.1) is 30.7 Å². The van der Waals surface area contributed by atoms with E-state index in [2.05, 4.69) is 20.6 Å². The van der Waals surface area contributed by atoms with Gasteiger partial charge in [-0.15, -0.1) is 10.2 Å². The molecule has 2 heterocycles. The van der Waals surface area contributed by atoms with Crippen LogP contribution in [0.3, 0.4) is 0 Å². The van der Waals surface area contributed by atoms with Crippen LogP contribution < -0.4 is 14.8 Å². The van der Waals surface area contributed by atoms with Crippen molar-refractivity contribution in [3.63, 3.8) is 0 Å². The summed E-state index contributed by atoms with van der Waals surface area (Å²) in [6.07, 6.45) is 0. The second kappa shape index (κ2) is 10.4. The summed E-state index contributed by atoms with van der Waals surface area (Å²) in [5.74, 6) is 1.54. The topological polar surface area (TPSA) is 96.1 Å². The third-order valence-electron chi connectivity index (χ3n) is 5.40. The molecular weight excluding hydrogens is 488 g/mol. The van der Waals surface area contributed by atoms with Crippen molar-refractivity contribution in [2.24, 2.45) is 7.05 Å². The first kappa shape index (κ1) is 24.6. The lowest BCUT2D eigenvalue weighted by atomic mass is 10.2. The average Bonchev–Trinajstić information content (AvgIpc) is 3.39. The summed E-state index contributed by atoms with van der Waals surface area (Å²) in [5, 5.41) is 17.2. The smallest absolute Gasteiger partial charge is 0.234 e. The molecule has 35 heavy (non-hydrogen) atoms. The van der Waals surface area contributed by atoms with E-state index in [0.717, 1.165) is 16.9 Å². The summed E-state index contributed by atoms with van der Waals surface area (Å²) < 4.78 is 14.1. The molecule has 0 saturated heterocycles. The number of amides is 1. The van der Waals surface area contributed by atoms with Crippen LogP contribution in [0.5, 0.6) is 11.5 Å². The maximum Gasteiger partial charge on any atom is 0.234 e. The largest absolute Gasteiger partial charge is 0.493 e. The lowest BCUT2D eigenvalue weighted by molar-refractivity contribution is -0.113. The Morgan fingerprint density at radius 1 is 1.06 bits per heavy atom. The number of rotatable bonds is 8. The van der Waals surface area contributed by atoms with Crippen LogP contribution in [0.25, 0.3) is 17.2 Å². The predicted molar refractivity (Wildman–Crippen MR) is 137 cm³/mol. The molecule has 0 aliphatic rings. The van der Waals surface area contributed by atoms with Crippen molar-refractivity contribution in [3.05, 3.63) is 58.7 Å². The van der Waals surface area contributed by atoms with Gasteiger partial charge in [-0.2, -0.15) is 5.10 Å². The summed E-state index contributed by atoms with van der Waals surface area (Å²) in [5.41, 5.74) is 3.92. The van der Waals surface area contributed by atoms with E-state index in [-0.39, 0.29) is 11.7 Å². The zero-order valence-electron chi connectivity index (χ0n) is 20.0. The van der Waals surface area contributed by atoms with Crippen molar-refractivity contribution in [3.8, 4) is 28.7 Å². The average molecular weight is 513 g/mol. The number of nitrogens with zero attached hydrogens (tertiary/aromatic N) is 5. The highest BCUT2D eigenvalue weighted by Gasteiger charge is 2.23. The molecule has 182 valence electrons. The number of hydrogen-bond acceptors (Lipinski definition) is 7. The van der Waals surface area contributed by atoms with Crippen LogP contribution in [0.2, 0.25) is 5.02 Å². The second-order valence-corrected chi connectivity index (χ2v) is 9.08. The minimum absolute atomic E-state index is 0.118. The fourth-order valence-electron chi connectivity index (χ4n) is 3.41. The van der Waals surface area contributed by atoms with Crippen LogP contribution in [0.15, 0.2) is 47.6 Å². The number of carbonyl (C=O) groups is 1. The fraction of sp³-hybridized carbons (Fsp3) is 0.250. The highest BCUT2D eigenvalue weighted by atomic mass is 35.5. The van der Waals surface area contributed by atoms with Gasteiger partial charge in [0, 0.05) is 24.5 Å². The Labute approximate surface area is 212 Å².